The third-order valence-electron chi connectivity index (χ3n) is 4.33. The Morgan fingerprint density at radius 3 is 2.30 bits per heavy atom. The molecule has 0 N–H and O–H groups in total. The van der Waals surface area contributed by atoms with Crippen LogP contribution in [-0.4, -0.2) is 29.2 Å². The number of ether oxygens (including phenoxy) is 1. The second-order valence-corrected chi connectivity index (χ2v) is 5.90. The van der Waals surface area contributed by atoms with Gasteiger partial charge in [0, 0.05) is 17.8 Å². The van der Waals surface area contributed by atoms with Gasteiger partial charge >= 0.3 is 5.97 Å². The molecular weight excluding hydrogens is 352 g/mol. The number of nitro groups is 1. The number of anilines is 1. The van der Waals surface area contributed by atoms with E-state index < -0.39 is 34.5 Å². The van der Waals surface area contributed by atoms with Crippen LogP contribution in [0.15, 0.2) is 54.6 Å². The predicted molar refractivity (Wildman–Crippen MR) is 94.9 cm³/mol. The molecule has 2 aromatic rings. The molecule has 0 unspecified atom stereocenters. The van der Waals surface area contributed by atoms with Crippen molar-refractivity contribution in [3.05, 3.63) is 70.3 Å². The van der Waals surface area contributed by atoms with E-state index in [4.69, 9.17) is 4.74 Å². The Morgan fingerprint density at radius 2 is 1.74 bits per heavy atom. The third-order valence-corrected chi connectivity index (χ3v) is 4.33. The van der Waals surface area contributed by atoms with E-state index in [1.165, 1.54) is 29.2 Å². The lowest BCUT2D eigenvalue weighted by Crippen LogP contribution is -2.31. The minimum absolute atomic E-state index is 0.0792. The minimum Gasteiger partial charge on any atom is -0.465 e. The maximum atomic E-state index is 12.7. The van der Waals surface area contributed by atoms with Gasteiger partial charge in [0.1, 0.15) is 5.92 Å². The van der Waals surface area contributed by atoms with Crippen LogP contribution in [-0.2, 0) is 19.1 Å². The first-order valence-corrected chi connectivity index (χ1v) is 8.29. The molecular formula is C19H16N2O6. The van der Waals surface area contributed by atoms with E-state index in [0.29, 0.717) is 11.3 Å². The van der Waals surface area contributed by atoms with Gasteiger partial charge < -0.3 is 4.74 Å². The Hall–Kier alpha value is -3.55. The molecule has 0 radical (unpaired) electrons. The number of hydrogen-bond donors (Lipinski definition) is 0. The topological polar surface area (TPSA) is 107 Å². The summed E-state index contributed by atoms with van der Waals surface area (Å²) in [5.41, 5.74) is 0.739. The van der Waals surface area contributed by atoms with E-state index in [1.807, 2.05) is 0 Å². The molecule has 2 aromatic carbocycles. The molecule has 8 heteroatoms. The van der Waals surface area contributed by atoms with E-state index in [-0.39, 0.29) is 12.3 Å². The Kier molecular flexibility index (Phi) is 4.98. The van der Waals surface area contributed by atoms with Crippen LogP contribution < -0.4 is 4.90 Å². The standard InChI is InChI=1S/C19H16N2O6/c1-2-27-19(24)15-16(12-6-4-3-5-7-12)20(18(23)17(15)22)13-8-10-14(11-9-13)21(25)26/h3-11,15-16H,2H2,1H3/t15-,16-/m0/s1. The Bertz CT molecular complexity index is 894. The van der Waals surface area contributed by atoms with Crippen LogP contribution in [0.5, 0.6) is 0 Å². The maximum Gasteiger partial charge on any atom is 0.319 e. The Morgan fingerprint density at radius 1 is 1.11 bits per heavy atom. The first kappa shape index (κ1) is 18.2. The van der Waals surface area contributed by atoms with Crippen LogP contribution >= 0.6 is 0 Å². The molecule has 1 saturated heterocycles. The van der Waals surface area contributed by atoms with E-state index >= 15 is 0 Å². The lowest BCUT2D eigenvalue weighted by Gasteiger charge is -2.26. The maximum absolute atomic E-state index is 12.7. The highest BCUT2D eigenvalue weighted by Gasteiger charge is 2.53. The minimum atomic E-state index is -1.30. The summed E-state index contributed by atoms with van der Waals surface area (Å²) in [6.45, 7) is 1.70. The smallest absolute Gasteiger partial charge is 0.319 e. The molecule has 0 spiro atoms. The van der Waals surface area contributed by atoms with Crippen molar-refractivity contribution in [2.45, 2.75) is 13.0 Å². The zero-order chi connectivity index (χ0) is 19.6. The fourth-order valence-corrected chi connectivity index (χ4v) is 3.14. The van der Waals surface area contributed by atoms with Gasteiger partial charge in [0.05, 0.1) is 17.6 Å². The zero-order valence-electron chi connectivity index (χ0n) is 14.4. The largest absolute Gasteiger partial charge is 0.465 e. The normalized spacial score (nSPS) is 19.2. The second kappa shape index (κ2) is 7.36. The number of Topliss-reactive ketones (excluding diaryl/α,β-unsaturated/α-hetero) is 1. The number of non-ortho nitro benzene ring substituents is 1. The predicted octanol–water partition coefficient (Wildman–Crippen LogP) is 2.43. The first-order valence-electron chi connectivity index (χ1n) is 8.29. The lowest BCUT2D eigenvalue weighted by molar-refractivity contribution is -0.384. The molecule has 1 aliphatic heterocycles. The van der Waals surface area contributed by atoms with Gasteiger partial charge in [-0.15, -0.1) is 0 Å². The van der Waals surface area contributed by atoms with Crippen LogP contribution in [0.1, 0.15) is 18.5 Å². The van der Waals surface area contributed by atoms with Crippen molar-refractivity contribution in [3.8, 4) is 0 Å². The number of amides is 1. The highest BCUT2D eigenvalue weighted by Crippen LogP contribution is 2.40. The van der Waals surface area contributed by atoms with E-state index in [0.717, 1.165) is 0 Å². The summed E-state index contributed by atoms with van der Waals surface area (Å²) in [5, 5.41) is 10.9. The van der Waals surface area contributed by atoms with Crippen LogP contribution in [0.3, 0.4) is 0 Å². The van der Waals surface area contributed by atoms with Gasteiger partial charge in [0.2, 0.25) is 5.78 Å². The zero-order valence-corrected chi connectivity index (χ0v) is 14.4. The number of rotatable bonds is 5. The fourth-order valence-electron chi connectivity index (χ4n) is 3.14. The van der Waals surface area contributed by atoms with Crippen molar-refractivity contribution in [3.63, 3.8) is 0 Å². The summed E-state index contributed by atoms with van der Waals surface area (Å²) in [7, 11) is 0. The van der Waals surface area contributed by atoms with Crippen molar-refractivity contribution in [1.82, 2.24) is 0 Å². The molecule has 0 saturated carbocycles. The van der Waals surface area contributed by atoms with Crippen molar-refractivity contribution in [2.75, 3.05) is 11.5 Å². The molecule has 0 aliphatic carbocycles. The highest BCUT2D eigenvalue weighted by atomic mass is 16.6. The molecule has 27 heavy (non-hydrogen) atoms. The summed E-state index contributed by atoms with van der Waals surface area (Å²) < 4.78 is 5.00. The van der Waals surface area contributed by atoms with Gasteiger partial charge in [-0.3, -0.25) is 29.4 Å². The summed E-state index contributed by atoms with van der Waals surface area (Å²) in [4.78, 5) is 49.1. The number of carbonyl (C=O) groups excluding carboxylic acids is 3. The second-order valence-electron chi connectivity index (χ2n) is 5.90. The summed E-state index contributed by atoms with van der Waals surface area (Å²) in [6.07, 6.45) is 0. The van der Waals surface area contributed by atoms with Crippen LogP contribution in [0.4, 0.5) is 11.4 Å². The number of ketones is 1. The number of nitrogens with zero attached hydrogens (tertiary/aromatic N) is 2. The van der Waals surface area contributed by atoms with Crippen molar-refractivity contribution >= 4 is 29.0 Å². The van der Waals surface area contributed by atoms with Crippen molar-refractivity contribution in [1.29, 1.82) is 0 Å². The Balaban J connectivity index is 2.09. The van der Waals surface area contributed by atoms with Gasteiger partial charge in [-0.25, -0.2) is 0 Å². The molecule has 1 fully saturated rings. The molecule has 0 bridgehead atoms. The average molecular weight is 368 g/mol. The van der Waals surface area contributed by atoms with E-state index in [1.54, 1.807) is 37.3 Å². The van der Waals surface area contributed by atoms with Gasteiger partial charge in [-0.1, -0.05) is 30.3 Å². The van der Waals surface area contributed by atoms with E-state index in [9.17, 15) is 24.5 Å². The fraction of sp³-hybridized carbons (Fsp3) is 0.211. The Labute approximate surface area is 154 Å². The quantitative estimate of drug-likeness (QED) is 0.264. The van der Waals surface area contributed by atoms with Crippen LogP contribution in [0.2, 0.25) is 0 Å². The molecule has 0 aromatic heterocycles. The number of hydrogen-bond acceptors (Lipinski definition) is 6. The number of esters is 1. The number of carbonyl (C=O) groups is 3. The van der Waals surface area contributed by atoms with Gasteiger partial charge in [0.15, 0.2) is 0 Å². The van der Waals surface area contributed by atoms with Gasteiger partial charge in [-0.05, 0) is 24.6 Å². The highest BCUT2D eigenvalue weighted by molar-refractivity contribution is 6.47. The summed E-state index contributed by atoms with van der Waals surface area (Å²) >= 11 is 0. The van der Waals surface area contributed by atoms with Crippen molar-refractivity contribution < 1.29 is 24.0 Å². The van der Waals surface area contributed by atoms with Crippen molar-refractivity contribution in [2.24, 2.45) is 5.92 Å². The van der Waals surface area contributed by atoms with Gasteiger partial charge in [0.25, 0.3) is 11.6 Å². The molecule has 1 heterocycles. The lowest BCUT2D eigenvalue weighted by atomic mass is 9.93. The third kappa shape index (κ3) is 3.29. The van der Waals surface area contributed by atoms with Crippen LogP contribution in [0, 0.1) is 16.0 Å². The van der Waals surface area contributed by atoms with Gasteiger partial charge in [-0.2, -0.15) is 0 Å². The molecule has 1 amide bonds. The summed E-state index contributed by atoms with van der Waals surface area (Å²) in [5.74, 6) is -3.78. The number of benzene rings is 2. The molecule has 1 aliphatic rings. The van der Waals surface area contributed by atoms with E-state index in [2.05, 4.69) is 0 Å². The average Bonchev–Trinajstić information content (AvgIpc) is 2.94. The van der Waals surface area contributed by atoms with Crippen LogP contribution in [0.25, 0.3) is 0 Å². The molecule has 2 atom stereocenters. The molecule has 3 rings (SSSR count). The summed E-state index contributed by atoms with van der Waals surface area (Å²) in [6, 6.07) is 13.0. The molecule has 8 nitrogen and oxygen atoms in total. The number of nitro benzene ring substituents is 1. The first-order chi connectivity index (χ1) is 13.0. The molecule has 138 valence electrons. The SMILES string of the molecule is CCOC(=O)[C@@H]1C(=O)C(=O)N(c2ccc([N+](=O)[O-])cc2)[C@H]1c1ccccc1. The monoisotopic (exact) mass is 368 g/mol.